The van der Waals surface area contributed by atoms with E-state index in [-0.39, 0.29) is 0 Å². The molecule has 1 aliphatic heterocycles. The highest BCUT2D eigenvalue weighted by molar-refractivity contribution is 5.64. The number of hydrogen-bond donors (Lipinski definition) is 1. The molecule has 0 spiro atoms. The van der Waals surface area contributed by atoms with Crippen LogP contribution in [0.1, 0.15) is 19.4 Å². The topological polar surface area (TPSA) is 60.3 Å². The van der Waals surface area contributed by atoms with E-state index in [0.29, 0.717) is 6.61 Å². The van der Waals surface area contributed by atoms with E-state index in [9.17, 15) is 5.11 Å². The van der Waals surface area contributed by atoms with Crippen molar-refractivity contribution in [2.24, 2.45) is 5.16 Å². The molecule has 1 fully saturated rings. The zero-order valence-electron chi connectivity index (χ0n) is 12.1. The maximum atomic E-state index is 9.75. The van der Waals surface area contributed by atoms with Crippen LogP contribution in [0.3, 0.4) is 0 Å². The number of oxime groups is 1. The van der Waals surface area contributed by atoms with Crippen LogP contribution in [0.5, 0.6) is 0 Å². The summed E-state index contributed by atoms with van der Waals surface area (Å²) in [5.74, 6) is 1.42. The molecule has 0 unspecified atom stereocenters. The SMILES string of the molecule is C#C[C@@H](O)[C@H]1OC(C)(C)O[C@H]1/C=N/OCc1ccccc1. The molecule has 0 amide bonds. The maximum absolute atomic E-state index is 9.75. The molecule has 0 aliphatic carbocycles. The number of rotatable bonds is 5. The largest absolute Gasteiger partial charge is 0.391 e. The predicted molar refractivity (Wildman–Crippen MR) is 78.4 cm³/mol. The number of ether oxygens (including phenoxy) is 2. The van der Waals surface area contributed by atoms with Crippen LogP contribution in [-0.4, -0.2) is 35.4 Å². The van der Waals surface area contributed by atoms with Gasteiger partial charge in [-0.25, -0.2) is 0 Å². The van der Waals surface area contributed by atoms with E-state index in [1.165, 1.54) is 6.21 Å². The Bertz CT molecular complexity index is 521. The fraction of sp³-hybridized carbons (Fsp3) is 0.438. The van der Waals surface area contributed by atoms with E-state index in [4.69, 9.17) is 20.7 Å². The molecule has 0 aromatic heterocycles. The molecule has 3 atom stereocenters. The Morgan fingerprint density at radius 1 is 1.43 bits per heavy atom. The van der Waals surface area contributed by atoms with Crippen molar-refractivity contribution in [2.45, 2.75) is 44.6 Å². The van der Waals surface area contributed by atoms with E-state index < -0.39 is 24.1 Å². The highest BCUT2D eigenvalue weighted by Crippen LogP contribution is 2.29. The van der Waals surface area contributed by atoms with E-state index in [1.807, 2.05) is 30.3 Å². The first-order valence-corrected chi connectivity index (χ1v) is 6.71. The van der Waals surface area contributed by atoms with Gasteiger partial charge in [-0.1, -0.05) is 41.4 Å². The molecule has 1 heterocycles. The highest BCUT2D eigenvalue weighted by atomic mass is 16.8. The quantitative estimate of drug-likeness (QED) is 0.509. The predicted octanol–water partition coefficient (Wildman–Crippen LogP) is 1.70. The summed E-state index contributed by atoms with van der Waals surface area (Å²) in [6.07, 6.45) is 4.41. The zero-order chi connectivity index (χ0) is 15.3. The van der Waals surface area contributed by atoms with Crippen molar-refractivity contribution in [3.05, 3.63) is 35.9 Å². The molecular formula is C16H19NO4. The molecule has 1 N–H and O–H groups in total. The molecule has 1 saturated heterocycles. The summed E-state index contributed by atoms with van der Waals surface area (Å²) >= 11 is 0. The van der Waals surface area contributed by atoms with Crippen LogP contribution in [0, 0.1) is 12.3 Å². The smallest absolute Gasteiger partial charge is 0.164 e. The van der Waals surface area contributed by atoms with Crippen molar-refractivity contribution >= 4 is 6.21 Å². The zero-order valence-corrected chi connectivity index (χ0v) is 12.1. The average Bonchev–Trinajstić information content (AvgIpc) is 2.79. The van der Waals surface area contributed by atoms with E-state index in [1.54, 1.807) is 13.8 Å². The standard InChI is InChI=1S/C16H19NO4/c1-4-13(18)15-14(20-16(2,3)21-15)10-17-19-11-12-8-6-5-7-9-12/h1,5-10,13-15,18H,11H2,2-3H3/b17-10+/t13-,14+,15-/m1/s1. The van der Waals surface area contributed by atoms with Gasteiger partial charge >= 0.3 is 0 Å². The van der Waals surface area contributed by atoms with Crippen LogP contribution in [0.25, 0.3) is 0 Å². The fourth-order valence-electron chi connectivity index (χ4n) is 2.06. The normalized spacial score (nSPS) is 25.6. The van der Waals surface area contributed by atoms with Gasteiger partial charge in [0.25, 0.3) is 0 Å². The Labute approximate surface area is 124 Å². The van der Waals surface area contributed by atoms with Gasteiger partial charge in [0.1, 0.15) is 24.9 Å². The van der Waals surface area contributed by atoms with Crippen molar-refractivity contribution in [1.29, 1.82) is 0 Å². The van der Waals surface area contributed by atoms with Crippen molar-refractivity contribution in [3.63, 3.8) is 0 Å². The Hall–Kier alpha value is -1.87. The van der Waals surface area contributed by atoms with Crippen LogP contribution in [0.15, 0.2) is 35.5 Å². The molecular weight excluding hydrogens is 270 g/mol. The van der Waals surface area contributed by atoms with Crippen LogP contribution >= 0.6 is 0 Å². The van der Waals surface area contributed by atoms with Gasteiger partial charge in [-0.2, -0.15) is 0 Å². The fourth-order valence-corrected chi connectivity index (χ4v) is 2.06. The molecule has 1 aromatic rings. The highest BCUT2D eigenvalue weighted by Gasteiger charge is 2.43. The number of nitrogens with zero attached hydrogens (tertiary/aromatic N) is 1. The molecule has 0 bridgehead atoms. The number of aliphatic hydroxyl groups excluding tert-OH is 1. The van der Waals surface area contributed by atoms with Crippen molar-refractivity contribution in [3.8, 4) is 12.3 Å². The summed E-state index contributed by atoms with van der Waals surface area (Å²) < 4.78 is 11.2. The van der Waals surface area contributed by atoms with Gasteiger partial charge < -0.3 is 19.4 Å². The molecule has 1 aromatic carbocycles. The first-order valence-electron chi connectivity index (χ1n) is 6.71. The number of aliphatic hydroxyl groups is 1. The molecule has 2 rings (SSSR count). The van der Waals surface area contributed by atoms with Gasteiger partial charge in [-0.15, -0.1) is 6.42 Å². The lowest BCUT2D eigenvalue weighted by atomic mass is 10.1. The van der Waals surface area contributed by atoms with Crippen LogP contribution < -0.4 is 0 Å². The molecule has 0 radical (unpaired) electrons. The Balaban J connectivity index is 1.91. The lowest BCUT2D eigenvalue weighted by molar-refractivity contribution is -0.148. The van der Waals surface area contributed by atoms with Gasteiger partial charge in [-0.05, 0) is 19.4 Å². The first kappa shape index (κ1) is 15.5. The van der Waals surface area contributed by atoms with Gasteiger partial charge in [0.15, 0.2) is 5.79 Å². The molecule has 21 heavy (non-hydrogen) atoms. The molecule has 5 nitrogen and oxygen atoms in total. The van der Waals surface area contributed by atoms with Crippen LogP contribution in [0.2, 0.25) is 0 Å². The molecule has 5 heteroatoms. The second kappa shape index (κ2) is 6.72. The van der Waals surface area contributed by atoms with E-state index >= 15 is 0 Å². The minimum atomic E-state index is -1.06. The summed E-state index contributed by atoms with van der Waals surface area (Å²) in [5.41, 5.74) is 1.01. The summed E-state index contributed by atoms with van der Waals surface area (Å²) in [4.78, 5) is 5.21. The summed E-state index contributed by atoms with van der Waals surface area (Å²) in [7, 11) is 0. The van der Waals surface area contributed by atoms with Crippen LogP contribution in [0.4, 0.5) is 0 Å². The third-order valence-corrected chi connectivity index (χ3v) is 3.00. The third-order valence-electron chi connectivity index (χ3n) is 3.00. The minimum absolute atomic E-state index is 0.358. The average molecular weight is 289 g/mol. The molecule has 0 saturated carbocycles. The summed E-state index contributed by atoms with van der Waals surface area (Å²) in [5, 5.41) is 13.6. The third kappa shape index (κ3) is 4.30. The Morgan fingerprint density at radius 2 is 2.14 bits per heavy atom. The van der Waals surface area contributed by atoms with E-state index in [2.05, 4.69) is 11.1 Å². The summed E-state index contributed by atoms with van der Waals surface area (Å²) in [6.45, 7) is 3.86. The number of terminal acetylenes is 1. The Morgan fingerprint density at radius 3 is 2.81 bits per heavy atom. The van der Waals surface area contributed by atoms with Crippen molar-refractivity contribution < 1.29 is 19.4 Å². The van der Waals surface area contributed by atoms with Gasteiger partial charge in [0.05, 0.1) is 6.21 Å². The van der Waals surface area contributed by atoms with Gasteiger partial charge in [0, 0.05) is 0 Å². The second-order valence-corrected chi connectivity index (χ2v) is 5.19. The van der Waals surface area contributed by atoms with Gasteiger partial charge in [-0.3, -0.25) is 0 Å². The van der Waals surface area contributed by atoms with Gasteiger partial charge in [0.2, 0.25) is 0 Å². The van der Waals surface area contributed by atoms with Crippen LogP contribution in [-0.2, 0) is 20.9 Å². The van der Waals surface area contributed by atoms with Crippen molar-refractivity contribution in [1.82, 2.24) is 0 Å². The second-order valence-electron chi connectivity index (χ2n) is 5.19. The molecule has 1 aliphatic rings. The molecule has 112 valence electrons. The van der Waals surface area contributed by atoms with Crippen molar-refractivity contribution in [2.75, 3.05) is 0 Å². The monoisotopic (exact) mass is 289 g/mol. The lowest BCUT2D eigenvalue weighted by Crippen LogP contribution is -2.35. The maximum Gasteiger partial charge on any atom is 0.164 e. The van der Waals surface area contributed by atoms with E-state index in [0.717, 1.165) is 5.56 Å². The Kier molecular flexibility index (Phi) is 4.97. The number of hydrogen-bond acceptors (Lipinski definition) is 5. The summed E-state index contributed by atoms with van der Waals surface area (Å²) in [6, 6.07) is 9.68. The number of benzene rings is 1. The lowest BCUT2D eigenvalue weighted by Gasteiger charge is -2.17. The minimum Gasteiger partial charge on any atom is -0.391 e. The first-order chi connectivity index (χ1) is 10.0.